The van der Waals surface area contributed by atoms with Gasteiger partial charge in [-0.1, -0.05) is 42.0 Å². The predicted molar refractivity (Wildman–Crippen MR) is 66.6 cm³/mol. The van der Waals surface area contributed by atoms with Gasteiger partial charge >= 0.3 is 0 Å². The second kappa shape index (κ2) is 6.13. The summed E-state index contributed by atoms with van der Waals surface area (Å²) in [4.78, 5) is 0. The molecule has 0 atom stereocenters. The van der Waals surface area contributed by atoms with Crippen molar-refractivity contribution in [3.8, 4) is 5.75 Å². The highest BCUT2D eigenvalue weighted by Crippen LogP contribution is 2.09. The molecule has 0 radical (unpaired) electrons. The third kappa shape index (κ3) is 3.55. The molecule has 2 nitrogen and oxygen atoms in total. The predicted octanol–water partition coefficient (Wildman–Crippen LogP) is 2.54. The van der Waals surface area contributed by atoms with Crippen molar-refractivity contribution in [3.05, 3.63) is 54.1 Å². The van der Waals surface area contributed by atoms with Gasteiger partial charge in [0.15, 0.2) is 0 Å². The Bertz CT molecular complexity index is 368. The number of ether oxygens (including phenoxy) is 1. The quantitative estimate of drug-likeness (QED) is 0.736. The maximum Gasteiger partial charge on any atom is 0.119 e. The molecule has 0 heterocycles. The molecule has 1 N–H and O–H groups in total. The van der Waals surface area contributed by atoms with Gasteiger partial charge in [0.05, 0.1) is 0 Å². The van der Waals surface area contributed by atoms with E-state index in [1.54, 1.807) is 0 Å². The van der Waals surface area contributed by atoms with E-state index in [2.05, 4.69) is 23.5 Å². The third-order valence-corrected chi connectivity index (χ3v) is 2.49. The summed E-state index contributed by atoms with van der Waals surface area (Å²) in [7, 11) is 0. The summed E-state index contributed by atoms with van der Waals surface area (Å²) in [6, 6.07) is 9.91. The summed E-state index contributed by atoms with van der Waals surface area (Å²) >= 11 is 0. The van der Waals surface area contributed by atoms with Crippen LogP contribution in [0.25, 0.3) is 0 Å². The fraction of sp³-hybridized carbons (Fsp3) is 0.286. The van der Waals surface area contributed by atoms with Crippen LogP contribution in [0.5, 0.6) is 5.75 Å². The van der Waals surface area contributed by atoms with Crippen LogP contribution in [0.3, 0.4) is 0 Å². The second-order valence-corrected chi connectivity index (χ2v) is 3.80. The fourth-order valence-electron chi connectivity index (χ4n) is 1.63. The summed E-state index contributed by atoms with van der Waals surface area (Å²) in [5.41, 5.74) is 1.44. The molecule has 16 heavy (non-hydrogen) atoms. The van der Waals surface area contributed by atoms with E-state index in [0.717, 1.165) is 25.3 Å². The summed E-state index contributed by atoms with van der Waals surface area (Å²) in [6.07, 6.45) is 7.55. The zero-order valence-electron chi connectivity index (χ0n) is 9.36. The lowest BCUT2D eigenvalue weighted by Crippen LogP contribution is -2.22. The van der Waals surface area contributed by atoms with Crippen LogP contribution in [-0.2, 0) is 0 Å². The third-order valence-electron chi connectivity index (χ3n) is 2.49. The molecule has 1 aromatic rings. The Balaban J connectivity index is 1.55. The maximum absolute atomic E-state index is 5.57. The Morgan fingerprint density at radius 3 is 2.81 bits per heavy atom. The second-order valence-electron chi connectivity index (χ2n) is 3.80. The van der Waals surface area contributed by atoms with Crippen LogP contribution in [0.2, 0.25) is 0 Å². The van der Waals surface area contributed by atoms with Gasteiger partial charge in [-0.25, -0.2) is 0 Å². The minimum atomic E-state index is 0.713. The van der Waals surface area contributed by atoms with Gasteiger partial charge in [-0.05, 0) is 18.6 Å². The first-order valence-electron chi connectivity index (χ1n) is 5.68. The standard InChI is InChI=1S/C14H17NO/c1-2-8-14(9-3-1)16-11-10-15-12-13-6-4-5-7-13/h1-6,8-9,15H,7,10-12H2. The van der Waals surface area contributed by atoms with Crippen molar-refractivity contribution in [2.24, 2.45) is 0 Å². The Morgan fingerprint density at radius 2 is 2.06 bits per heavy atom. The smallest absolute Gasteiger partial charge is 0.119 e. The molecular weight excluding hydrogens is 198 g/mol. The molecule has 0 aliphatic heterocycles. The number of hydrogen-bond acceptors (Lipinski definition) is 2. The lowest BCUT2D eigenvalue weighted by atomic mass is 10.2. The van der Waals surface area contributed by atoms with Gasteiger partial charge in [0.1, 0.15) is 12.4 Å². The number of nitrogens with one attached hydrogen (secondary N) is 1. The van der Waals surface area contributed by atoms with Gasteiger partial charge in [0.25, 0.3) is 0 Å². The van der Waals surface area contributed by atoms with Crippen LogP contribution in [0.1, 0.15) is 6.42 Å². The molecule has 0 saturated carbocycles. The van der Waals surface area contributed by atoms with Gasteiger partial charge in [0.2, 0.25) is 0 Å². The van der Waals surface area contributed by atoms with Crippen molar-refractivity contribution in [3.63, 3.8) is 0 Å². The zero-order chi connectivity index (χ0) is 11.1. The Morgan fingerprint density at radius 1 is 1.19 bits per heavy atom. The van der Waals surface area contributed by atoms with Crippen LogP contribution in [0.15, 0.2) is 54.1 Å². The summed E-state index contributed by atoms with van der Waals surface area (Å²) in [5.74, 6) is 0.936. The van der Waals surface area contributed by atoms with Gasteiger partial charge in [-0.3, -0.25) is 0 Å². The van der Waals surface area contributed by atoms with Gasteiger partial charge < -0.3 is 10.1 Å². The average molecular weight is 215 g/mol. The Labute approximate surface area is 96.6 Å². The highest BCUT2D eigenvalue weighted by atomic mass is 16.5. The van der Waals surface area contributed by atoms with Crippen LogP contribution in [0, 0.1) is 0 Å². The van der Waals surface area contributed by atoms with Crippen molar-refractivity contribution < 1.29 is 4.74 Å². The van der Waals surface area contributed by atoms with Crippen LogP contribution >= 0.6 is 0 Å². The lowest BCUT2D eigenvalue weighted by molar-refractivity contribution is 0.316. The molecule has 0 saturated heterocycles. The van der Waals surface area contributed by atoms with Crippen LogP contribution < -0.4 is 10.1 Å². The molecule has 0 amide bonds. The fourth-order valence-corrected chi connectivity index (χ4v) is 1.63. The number of allylic oxidation sites excluding steroid dienone is 3. The number of rotatable bonds is 6. The summed E-state index contributed by atoms with van der Waals surface area (Å²) < 4.78 is 5.57. The molecule has 0 unspecified atom stereocenters. The molecule has 84 valence electrons. The maximum atomic E-state index is 5.57. The number of hydrogen-bond donors (Lipinski definition) is 1. The average Bonchev–Trinajstić information content (AvgIpc) is 2.83. The first-order valence-corrected chi connectivity index (χ1v) is 5.68. The molecule has 0 bridgehead atoms. The van der Waals surface area contributed by atoms with E-state index in [-0.39, 0.29) is 0 Å². The first-order chi connectivity index (χ1) is 7.95. The van der Waals surface area contributed by atoms with Crippen molar-refractivity contribution in [2.75, 3.05) is 19.7 Å². The van der Waals surface area contributed by atoms with Crippen LogP contribution in [0.4, 0.5) is 0 Å². The van der Waals surface area contributed by atoms with Crippen LogP contribution in [-0.4, -0.2) is 19.7 Å². The van der Waals surface area contributed by atoms with E-state index in [9.17, 15) is 0 Å². The van der Waals surface area contributed by atoms with Crippen molar-refractivity contribution >= 4 is 0 Å². The molecule has 0 aromatic heterocycles. The van der Waals surface area contributed by atoms with E-state index in [1.807, 2.05) is 30.3 Å². The largest absolute Gasteiger partial charge is 0.492 e. The van der Waals surface area contributed by atoms with E-state index in [4.69, 9.17) is 4.74 Å². The number of benzene rings is 1. The molecule has 0 spiro atoms. The van der Waals surface area contributed by atoms with Crippen molar-refractivity contribution in [1.29, 1.82) is 0 Å². The molecule has 2 rings (SSSR count). The van der Waals surface area contributed by atoms with E-state index in [0.29, 0.717) is 6.61 Å². The van der Waals surface area contributed by atoms with Crippen molar-refractivity contribution in [1.82, 2.24) is 5.32 Å². The molecule has 1 aromatic carbocycles. The van der Waals surface area contributed by atoms with Gasteiger partial charge in [0, 0.05) is 13.1 Å². The summed E-state index contributed by atoms with van der Waals surface area (Å²) in [5, 5.41) is 3.36. The Hall–Kier alpha value is -1.54. The molecule has 0 fully saturated rings. The first kappa shape index (κ1) is 11.0. The normalized spacial score (nSPS) is 13.9. The molecule has 1 aliphatic rings. The van der Waals surface area contributed by atoms with E-state index >= 15 is 0 Å². The van der Waals surface area contributed by atoms with Gasteiger partial charge in [-0.2, -0.15) is 0 Å². The minimum absolute atomic E-state index is 0.713. The molecule has 2 heteroatoms. The molecule has 1 aliphatic carbocycles. The topological polar surface area (TPSA) is 21.3 Å². The zero-order valence-corrected chi connectivity index (χ0v) is 9.36. The highest BCUT2D eigenvalue weighted by Gasteiger charge is 1.98. The van der Waals surface area contributed by atoms with Gasteiger partial charge in [-0.15, -0.1) is 0 Å². The number of para-hydroxylation sites is 1. The lowest BCUT2D eigenvalue weighted by Gasteiger charge is -2.07. The highest BCUT2D eigenvalue weighted by molar-refractivity contribution is 5.24. The van der Waals surface area contributed by atoms with Crippen molar-refractivity contribution in [2.45, 2.75) is 6.42 Å². The molecular formula is C14H17NO. The summed E-state index contributed by atoms with van der Waals surface area (Å²) in [6.45, 7) is 2.56. The van der Waals surface area contributed by atoms with E-state index < -0.39 is 0 Å². The van der Waals surface area contributed by atoms with E-state index in [1.165, 1.54) is 5.57 Å². The monoisotopic (exact) mass is 215 g/mol. The SMILES string of the molecule is C1=CCC(CNCCOc2ccccc2)=C1. The minimum Gasteiger partial charge on any atom is -0.492 e. The Kier molecular flexibility index (Phi) is 4.20.